The predicted molar refractivity (Wildman–Crippen MR) is 78.8 cm³/mol. The number of hydrogen-bond acceptors (Lipinski definition) is 4. The van der Waals surface area contributed by atoms with E-state index in [2.05, 4.69) is 10.3 Å². The van der Waals surface area contributed by atoms with E-state index in [0.29, 0.717) is 11.6 Å². The number of halogens is 1. The second-order valence-corrected chi connectivity index (χ2v) is 7.08. The molecule has 0 radical (unpaired) electrons. The van der Waals surface area contributed by atoms with Crippen LogP contribution in [0.2, 0.25) is 5.02 Å². The average Bonchev–Trinajstić information content (AvgIpc) is 3.02. The van der Waals surface area contributed by atoms with Gasteiger partial charge >= 0.3 is 6.09 Å². The van der Waals surface area contributed by atoms with Gasteiger partial charge < -0.3 is 14.8 Å². The third-order valence-corrected chi connectivity index (χ3v) is 3.93. The molecule has 1 atom stereocenters. The standard InChI is InChI=1S/C15H19ClN2O3/c1-14(2,3)21-13(19)18-8-10-12-11(6-9(16)7-17-12)20-15(10)4-5-15/h6-7,10H,4-5,8H2,1-3H3,(H,18,19)/t10-/m1/s1. The zero-order valence-electron chi connectivity index (χ0n) is 12.4. The monoisotopic (exact) mass is 310 g/mol. The largest absolute Gasteiger partial charge is 0.485 e. The molecule has 1 aromatic rings. The summed E-state index contributed by atoms with van der Waals surface area (Å²) in [6.45, 7) is 5.97. The van der Waals surface area contributed by atoms with Gasteiger partial charge in [0.05, 0.1) is 16.6 Å². The van der Waals surface area contributed by atoms with E-state index in [4.69, 9.17) is 21.1 Å². The number of rotatable bonds is 2. The number of nitrogens with zero attached hydrogens (tertiary/aromatic N) is 1. The van der Waals surface area contributed by atoms with Gasteiger partial charge in [0.2, 0.25) is 0 Å². The van der Waals surface area contributed by atoms with Crippen LogP contribution < -0.4 is 10.1 Å². The summed E-state index contributed by atoms with van der Waals surface area (Å²) in [4.78, 5) is 16.2. The predicted octanol–water partition coefficient (Wildman–Crippen LogP) is 3.27. The number of alkyl carbamates (subject to hydrolysis) is 1. The van der Waals surface area contributed by atoms with E-state index >= 15 is 0 Å². The van der Waals surface area contributed by atoms with Crippen molar-refractivity contribution in [2.24, 2.45) is 0 Å². The van der Waals surface area contributed by atoms with Crippen molar-refractivity contribution < 1.29 is 14.3 Å². The molecule has 114 valence electrons. The highest BCUT2D eigenvalue weighted by molar-refractivity contribution is 6.30. The fraction of sp³-hybridized carbons (Fsp3) is 0.600. The van der Waals surface area contributed by atoms with Crippen LogP contribution in [-0.2, 0) is 4.74 Å². The normalized spacial score (nSPS) is 21.6. The van der Waals surface area contributed by atoms with E-state index in [1.54, 1.807) is 12.3 Å². The SMILES string of the molecule is CC(C)(C)OC(=O)NC[C@@H]1c2ncc(Cl)cc2OC12CC2. The van der Waals surface area contributed by atoms with Crippen molar-refractivity contribution in [3.05, 3.63) is 23.0 Å². The maximum absolute atomic E-state index is 11.8. The van der Waals surface area contributed by atoms with Crippen LogP contribution in [0.25, 0.3) is 0 Å². The summed E-state index contributed by atoms with van der Waals surface area (Å²) in [6, 6.07) is 1.79. The number of ether oxygens (including phenoxy) is 2. The van der Waals surface area contributed by atoms with E-state index < -0.39 is 11.7 Å². The minimum Gasteiger partial charge on any atom is -0.485 e. The van der Waals surface area contributed by atoms with Crippen LogP contribution in [0.3, 0.4) is 0 Å². The first kappa shape index (κ1) is 14.4. The van der Waals surface area contributed by atoms with Crippen LogP contribution in [0, 0.1) is 0 Å². The lowest BCUT2D eigenvalue weighted by Gasteiger charge is -2.22. The smallest absolute Gasteiger partial charge is 0.407 e. The molecule has 2 heterocycles. The number of carbonyl (C=O) groups is 1. The second-order valence-electron chi connectivity index (χ2n) is 6.64. The molecule has 0 saturated heterocycles. The van der Waals surface area contributed by atoms with Crippen LogP contribution in [0.5, 0.6) is 5.75 Å². The highest BCUT2D eigenvalue weighted by atomic mass is 35.5. The average molecular weight is 311 g/mol. The molecule has 0 aromatic carbocycles. The maximum atomic E-state index is 11.8. The zero-order chi connectivity index (χ0) is 15.3. The molecule has 1 fully saturated rings. The molecule has 1 aromatic heterocycles. The molecule has 1 aliphatic carbocycles. The van der Waals surface area contributed by atoms with Crippen molar-refractivity contribution in [2.45, 2.75) is 50.7 Å². The van der Waals surface area contributed by atoms with Crippen molar-refractivity contribution in [3.63, 3.8) is 0 Å². The van der Waals surface area contributed by atoms with Crippen LogP contribution in [0.4, 0.5) is 4.79 Å². The molecule has 21 heavy (non-hydrogen) atoms. The van der Waals surface area contributed by atoms with E-state index in [0.717, 1.165) is 24.3 Å². The molecule has 1 aliphatic heterocycles. The number of aromatic nitrogens is 1. The molecule has 0 unspecified atom stereocenters. The number of carbonyl (C=O) groups excluding carboxylic acids is 1. The molecule has 6 heteroatoms. The van der Waals surface area contributed by atoms with Gasteiger partial charge in [-0.25, -0.2) is 4.79 Å². The fourth-order valence-corrected chi connectivity index (χ4v) is 2.82. The molecular formula is C15H19ClN2O3. The number of amides is 1. The van der Waals surface area contributed by atoms with Gasteiger partial charge in [0.25, 0.3) is 0 Å². The van der Waals surface area contributed by atoms with Crippen LogP contribution in [0.15, 0.2) is 12.3 Å². The lowest BCUT2D eigenvalue weighted by atomic mass is 9.98. The number of hydrogen-bond donors (Lipinski definition) is 1. The minimum absolute atomic E-state index is 0.0530. The third-order valence-electron chi connectivity index (χ3n) is 3.72. The first-order valence-corrected chi connectivity index (χ1v) is 7.48. The van der Waals surface area contributed by atoms with Gasteiger partial charge in [0.15, 0.2) is 0 Å². The van der Waals surface area contributed by atoms with E-state index in [1.165, 1.54) is 0 Å². The fourth-order valence-electron chi connectivity index (χ4n) is 2.67. The first-order valence-electron chi connectivity index (χ1n) is 7.10. The summed E-state index contributed by atoms with van der Waals surface area (Å²) in [5.41, 5.74) is 0.152. The summed E-state index contributed by atoms with van der Waals surface area (Å²) in [5, 5.41) is 3.38. The van der Waals surface area contributed by atoms with Crippen molar-refractivity contribution in [3.8, 4) is 5.75 Å². The summed E-state index contributed by atoms with van der Waals surface area (Å²) < 4.78 is 11.3. The Morgan fingerprint density at radius 2 is 2.29 bits per heavy atom. The van der Waals surface area contributed by atoms with Gasteiger partial charge in [-0.1, -0.05) is 11.6 Å². The molecule has 2 aliphatic rings. The van der Waals surface area contributed by atoms with E-state index in [-0.39, 0.29) is 11.5 Å². The molecule has 1 saturated carbocycles. The Bertz CT molecular complexity index is 579. The lowest BCUT2D eigenvalue weighted by molar-refractivity contribution is 0.0516. The van der Waals surface area contributed by atoms with E-state index in [1.807, 2.05) is 20.8 Å². The second kappa shape index (κ2) is 4.77. The van der Waals surface area contributed by atoms with Gasteiger partial charge in [-0.2, -0.15) is 0 Å². The van der Waals surface area contributed by atoms with Gasteiger partial charge in [0, 0.05) is 18.8 Å². The van der Waals surface area contributed by atoms with Gasteiger partial charge in [-0.05, 0) is 33.6 Å². The zero-order valence-corrected chi connectivity index (χ0v) is 13.2. The number of nitrogens with one attached hydrogen (secondary N) is 1. The maximum Gasteiger partial charge on any atom is 0.407 e. The van der Waals surface area contributed by atoms with Crippen molar-refractivity contribution in [1.82, 2.24) is 10.3 Å². The van der Waals surface area contributed by atoms with Crippen molar-refractivity contribution in [1.29, 1.82) is 0 Å². The van der Waals surface area contributed by atoms with Gasteiger partial charge in [0.1, 0.15) is 17.0 Å². The Balaban J connectivity index is 1.70. The molecular weight excluding hydrogens is 292 g/mol. The molecule has 1 spiro atoms. The first-order chi connectivity index (χ1) is 9.79. The Morgan fingerprint density at radius 1 is 1.57 bits per heavy atom. The van der Waals surface area contributed by atoms with Crippen LogP contribution in [0.1, 0.15) is 45.2 Å². The van der Waals surface area contributed by atoms with Crippen molar-refractivity contribution >= 4 is 17.7 Å². The third kappa shape index (κ3) is 2.93. The molecule has 5 nitrogen and oxygen atoms in total. The summed E-state index contributed by atoms with van der Waals surface area (Å²) in [6.07, 6.45) is 3.15. The Kier molecular flexibility index (Phi) is 3.28. The number of pyridine rings is 1. The van der Waals surface area contributed by atoms with Crippen LogP contribution in [-0.4, -0.2) is 28.8 Å². The van der Waals surface area contributed by atoms with E-state index in [9.17, 15) is 4.79 Å². The Morgan fingerprint density at radius 3 is 2.90 bits per heavy atom. The van der Waals surface area contributed by atoms with Gasteiger partial charge in [-0.3, -0.25) is 4.98 Å². The van der Waals surface area contributed by atoms with Gasteiger partial charge in [-0.15, -0.1) is 0 Å². The summed E-state index contributed by atoms with van der Waals surface area (Å²) in [7, 11) is 0. The molecule has 1 amide bonds. The lowest BCUT2D eigenvalue weighted by Crippen LogP contribution is -2.37. The number of fused-ring (bicyclic) bond motifs is 1. The Hall–Kier alpha value is -1.49. The minimum atomic E-state index is -0.503. The molecule has 3 rings (SSSR count). The highest BCUT2D eigenvalue weighted by Gasteiger charge is 2.58. The quantitative estimate of drug-likeness (QED) is 0.910. The summed E-state index contributed by atoms with van der Waals surface area (Å²) >= 11 is 5.95. The van der Waals surface area contributed by atoms with Crippen molar-refractivity contribution in [2.75, 3.05) is 6.54 Å². The summed E-state index contributed by atoms with van der Waals surface area (Å²) in [5.74, 6) is 0.785. The molecule has 1 N–H and O–H groups in total. The Labute approximate surface area is 129 Å². The molecule has 0 bridgehead atoms. The highest BCUT2D eigenvalue weighted by Crippen LogP contribution is 2.57. The van der Waals surface area contributed by atoms with Crippen LogP contribution >= 0.6 is 11.6 Å². The topological polar surface area (TPSA) is 60.5 Å².